The Labute approximate surface area is 164 Å². The van der Waals surface area contributed by atoms with Crippen molar-refractivity contribution in [3.8, 4) is 17.2 Å². The van der Waals surface area contributed by atoms with Crippen LogP contribution in [0.5, 0.6) is 11.5 Å². The maximum absolute atomic E-state index is 5.30. The van der Waals surface area contributed by atoms with Crippen molar-refractivity contribution in [3.05, 3.63) is 91.5 Å². The molecule has 28 heavy (non-hydrogen) atoms. The van der Waals surface area contributed by atoms with Crippen LogP contribution in [0.25, 0.3) is 5.69 Å². The van der Waals surface area contributed by atoms with Crippen molar-refractivity contribution in [1.82, 2.24) is 9.55 Å². The molecule has 3 aromatic carbocycles. The monoisotopic (exact) mass is 371 g/mol. The van der Waals surface area contributed by atoms with Gasteiger partial charge < -0.3 is 18.9 Å². The van der Waals surface area contributed by atoms with Crippen LogP contribution in [-0.2, 0) is 0 Å². The minimum absolute atomic E-state index is 0.828. The molecule has 4 aromatic rings. The van der Waals surface area contributed by atoms with E-state index in [4.69, 9.17) is 9.47 Å². The Morgan fingerprint density at radius 1 is 0.679 bits per heavy atom. The average molecular weight is 371 g/mol. The van der Waals surface area contributed by atoms with Crippen molar-refractivity contribution in [2.75, 3.05) is 19.1 Å². The molecule has 0 aliphatic rings. The molecule has 5 heteroatoms. The van der Waals surface area contributed by atoms with Gasteiger partial charge in [-0.3, -0.25) is 0 Å². The summed E-state index contributed by atoms with van der Waals surface area (Å²) in [5.41, 5.74) is 4.20. The highest BCUT2D eigenvalue weighted by atomic mass is 16.5. The van der Waals surface area contributed by atoms with Gasteiger partial charge in [-0.1, -0.05) is 0 Å². The van der Waals surface area contributed by atoms with Crippen LogP contribution in [0.3, 0.4) is 0 Å². The molecule has 0 saturated carbocycles. The lowest BCUT2D eigenvalue weighted by Crippen LogP contribution is -2.10. The number of benzene rings is 3. The number of nitrogens with zero attached hydrogens (tertiary/aromatic N) is 3. The zero-order valence-electron chi connectivity index (χ0n) is 15.8. The summed E-state index contributed by atoms with van der Waals surface area (Å²) in [5.74, 6) is 1.66. The molecule has 0 fully saturated rings. The van der Waals surface area contributed by atoms with E-state index in [1.54, 1.807) is 26.7 Å². The van der Waals surface area contributed by atoms with Gasteiger partial charge in [-0.15, -0.1) is 0 Å². The van der Waals surface area contributed by atoms with E-state index in [2.05, 4.69) is 34.1 Å². The van der Waals surface area contributed by atoms with Crippen LogP contribution < -0.4 is 14.4 Å². The van der Waals surface area contributed by atoms with Crippen LogP contribution in [0.15, 0.2) is 91.5 Å². The molecular weight excluding hydrogens is 350 g/mol. The molecule has 0 spiro atoms. The number of rotatable bonds is 6. The van der Waals surface area contributed by atoms with E-state index in [9.17, 15) is 0 Å². The second kappa shape index (κ2) is 7.88. The summed E-state index contributed by atoms with van der Waals surface area (Å²) in [6.45, 7) is 0. The largest absolute Gasteiger partial charge is 0.497 e. The number of hydrogen-bond acceptors (Lipinski definition) is 4. The van der Waals surface area contributed by atoms with E-state index < -0.39 is 0 Å². The third kappa shape index (κ3) is 3.55. The summed E-state index contributed by atoms with van der Waals surface area (Å²) < 4.78 is 12.6. The van der Waals surface area contributed by atoms with Gasteiger partial charge in [0.2, 0.25) is 0 Å². The van der Waals surface area contributed by atoms with Crippen LogP contribution in [0.4, 0.5) is 17.1 Å². The van der Waals surface area contributed by atoms with Crippen LogP contribution in [-0.4, -0.2) is 23.8 Å². The molecular formula is C23H21N3O2. The highest BCUT2D eigenvalue weighted by Crippen LogP contribution is 2.36. The van der Waals surface area contributed by atoms with E-state index in [-0.39, 0.29) is 0 Å². The van der Waals surface area contributed by atoms with Gasteiger partial charge in [0.1, 0.15) is 11.5 Å². The molecule has 0 aliphatic carbocycles. The Bertz CT molecular complexity index is 962. The molecule has 5 nitrogen and oxygen atoms in total. The first-order valence-electron chi connectivity index (χ1n) is 8.95. The van der Waals surface area contributed by atoms with Crippen LogP contribution >= 0.6 is 0 Å². The number of aromatic nitrogens is 2. The van der Waals surface area contributed by atoms with Crippen molar-refractivity contribution < 1.29 is 9.47 Å². The predicted molar refractivity (Wildman–Crippen MR) is 111 cm³/mol. The third-order valence-corrected chi connectivity index (χ3v) is 4.57. The van der Waals surface area contributed by atoms with Gasteiger partial charge >= 0.3 is 0 Å². The van der Waals surface area contributed by atoms with Gasteiger partial charge in [0, 0.05) is 35.1 Å². The highest BCUT2D eigenvalue weighted by Gasteiger charge is 2.13. The van der Waals surface area contributed by atoms with Crippen LogP contribution in [0.2, 0.25) is 0 Å². The summed E-state index contributed by atoms with van der Waals surface area (Å²) >= 11 is 0. The normalized spacial score (nSPS) is 10.5. The Hall–Kier alpha value is -3.73. The minimum Gasteiger partial charge on any atom is -0.497 e. The molecule has 0 N–H and O–H groups in total. The summed E-state index contributed by atoms with van der Waals surface area (Å²) in [7, 11) is 3.34. The number of methoxy groups -OCH3 is 2. The lowest BCUT2D eigenvalue weighted by Gasteiger charge is -2.26. The van der Waals surface area contributed by atoms with E-state index in [1.807, 2.05) is 59.3 Å². The van der Waals surface area contributed by atoms with E-state index in [0.717, 1.165) is 34.2 Å². The summed E-state index contributed by atoms with van der Waals surface area (Å²) in [6.07, 6.45) is 5.49. The van der Waals surface area contributed by atoms with Gasteiger partial charge in [0.15, 0.2) is 0 Å². The fraction of sp³-hybridized carbons (Fsp3) is 0.0870. The second-order valence-corrected chi connectivity index (χ2v) is 6.22. The van der Waals surface area contributed by atoms with Gasteiger partial charge in [0.05, 0.1) is 20.5 Å². The Balaban J connectivity index is 1.75. The highest BCUT2D eigenvalue weighted by molar-refractivity contribution is 5.77. The van der Waals surface area contributed by atoms with Crippen molar-refractivity contribution in [1.29, 1.82) is 0 Å². The zero-order chi connectivity index (χ0) is 19.3. The first kappa shape index (κ1) is 17.7. The summed E-state index contributed by atoms with van der Waals surface area (Å²) in [6, 6.07) is 24.4. The maximum Gasteiger partial charge on any atom is 0.119 e. The summed E-state index contributed by atoms with van der Waals surface area (Å²) in [5, 5.41) is 0. The van der Waals surface area contributed by atoms with E-state index >= 15 is 0 Å². The smallest absolute Gasteiger partial charge is 0.119 e. The molecule has 4 rings (SSSR count). The zero-order valence-corrected chi connectivity index (χ0v) is 15.8. The van der Waals surface area contributed by atoms with Gasteiger partial charge in [-0.25, -0.2) is 4.98 Å². The van der Waals surface area contributed by atoms with Gasteiger partial charge in [-0.2, -0.15) is 0 Å². The lowest BCUT2D eigenvalue weighted by atomic mass is 10.1. The summed E-state index contributed by atoms with van der Waals surface area (Å²) in [4.78, 5) is 6.30. The first-order valence-corrected chi connectivity index (χ1v) is 8.95. The maximum atomic E-state index is 5.30. The lowest BCUT2D eigenvalue weighted by molar-refractivity contribution is 0.415. The number of ether oxygens (including phenoxy) is 2. The standard InChI is InChI=1S/C23H21N3O2/c1-27-22-11-7-20(8-12-22)26(21-9-13-23(28-2)14-10-21)19-5-3-18(4-6-19)25-16-15-24-17-25/h3-17H,1-2H3. The average Bonchev–Trinajstić information content (AvgIpc) is 3.30. The van der Waals surface area contributed by atoms with E-state index in [1.165, 1.54) is 0 Å². The Kier molecular flexibility index (Phi) is 4.97. The topological polar surface area (TPSA) is 39.5 Å². The SMILES string of the molecule is COc1ccc(N(c2ccc(OC)cc2)c2ccc(-n3ccnc3)cc2)cc1. The Morgan fingerprint density at radius 3 is 1.54 bits per heavy atom. The predicted octanol–water partition coefficient (Wildman–Crippen LogP) is 5.36. The van der Waals surface area contributed by atoms with Crippen LogP contribution in [0, 0.1) is 0 Å². The number of anilines is 3. The molecule has 1 aromatic heterocycles. The van der Waals surface area contributed by atoms with Crippen molar-refractivity contribution in [2.45, 2.75) is 0 Å². The quantitative estimate of drug-likeness (QED) is 0.457. The number of imidazole rings is 1. The van der Waals surface area contributed by atoms with Crippen molar-refractivity contribution >= 4 is 17.1 Å². The molecule has 140 valence electrons. The first-order chi connectivity index (χ1) is 13.8. The minimum atomic E-state index is 0.828. The molecule has 0 atom stereocenters. The molecule has 0 radical (unpaired) electrons. The molecule has 0 unspecified atom stereocenters. The van der Waals surface area contributed by atoms with Crippen molar-refractivity contribution in [2.24, 2.45) is 0 Å². The fourth-order valence-corrected chi connectivity index (χ4v) is 3.10. The second-order valence-electron chi connectivity index (χ2n) is 6.22. The molecule has 0 amide bonds. The number of hydrogen-bond donors (Lipinski definition) is 0. The van der Waals surface area contributed by atoms with E-state index in [0.29, 0.717) is 0 Å². The molecule has 0 bridgehead atoms. The van der Waals surface area contributed by atoms with Gasteiger partial charge in [0.25, 0.3) is 0 Å². The third-order valence-electron chi connectivity index (χ3n) is 4.57. The van der Waals surface area contributed by atoms with Crippen LogP contribution in [0.1, 0.15) is 0 Å². The fourth-order valence-electron chi connectivity index (χ4n) is 3.10. The van der Waals surface area contributed by atoms with Crippen molar-refractivity contribution in [3.63, 3.8) is 0 Å². The van der Waals surface area contributed by atoms with Gasteiger partial charge in [-0.05, 0) is 72.8 Å². The molecule has 0 saturated heterocycles. The Morgan fingerprint density at radius 2 is 1.14 bits per heavy atom. The molecule has 1 heterocycles. The molecule has 0 aliphatic heterocycles.